The summed E-state index contributed by atoms with van der Waals surface area (Å²) in [6, 6.07) is 6.09. The predicted molar refractivity (Wildman–Crippen MR) is 94.0 cm³/mol. The Morgan fingerprint density at radius 1 is 1.32 bits per heavy atom. The number of nitrogens with one attached hydrogen (secondary N) is 2. The third-order valence-electron chi connectivity index (χ3n) is 4.02. The average molecular weight is 361 g/mol. The number of amides is 2. The first kappa shape index (κ1) is 17.5. The Bertz CT molecular complexity index is 784. The van der Waals surface area contributed by atoms with Gasteiger partial charge in [0, 0.05) is 6.04 Å². The molecule has 1 atom stereocenters. The third-order valence-corrected chi connectivity index (χ3v) is 5.18. The molecule has 0 aliphatic heterocycles. The fourth-order valence-electron chi connectivity index (χ4n) is 2.48. The van der Waals surface area contributed by atoms with Gasteiger partial charge in [0.15, 0.2) is 0 Å². The highest BCUT2D eigenvalue weighted by Gasteiger charge is 2.26. The number of halogens is 1. The van der Waals surface area contributed by atoms with Crippen molar-refractivity contribution in [3.05, 3.63) is 51.2 Å². The summed E-state index contributed by atoms with van der Waals surface area (Å²) >= 11 is 1.26. The molecule has 7 heteroatoms. The largest absolute Gasteiger partial charge is 0.349 e. The Morgan fingerprint density at radius 3 is 2.64 bits per heavy atom. The van der Waals surface area contributed by atoms with Crippen LogP contribution in [0.4, 0.5) is 4.39 Å². The molecule has 1 fully saturated rings. The summed E-state index contributed by atoms with van der Waals surface area (Å²) in [5.74, 6) is -0.596. The Labute approximate surface area is 149 Å². The molecule has 0 radical (unpaired) electrons. The summed E-state index contributed by atoms with van der Waals surface area (Å²) in [6.45, 7) is 3.62. The number of nitrogens with zero attached hydrogens (tertiary/aromatic N) is 1. The fourth-order valence-corrected chi connectivity index (χ4v) is 3.45. The van der Waals surface area contributed by atoms with E-state index in [1.54, 1.807) is 19.1 Å². The van der Waals surface area contributed by atoms with Crippen molar-refractivity contribution < 1.29 is 14.0 Å². The molecule has 1 aliphatic carbocycles. The van der Waals surface area contributed by atoms with E-state index in [1.165, 1.54) is 23.5 Å². The molecule has 1 aromatic carbocycles. The first-order valence-corrected chi connectivity index (χ1v) is 9.06. The van der Waals surface area contributed by atoms with Crippen LogP contribution in [0.3, 0.4) is 0 Å². The standard InChI is InChI=1S/C18H20FN3O2S/c1-10(12-3-5-13(19)6-4-12)20-15(23)9-16-21-11(2)17(25-16)18(24)22-14-7-8-14/h3-6,10,14H,7-9H2,1-2H3,(H,20,23)(H,22,24). The van der Waals surface area contributed by atoms with Crippen molar-refractivity contribution in [1.29, 1.82) is 0 Å². The van der Waals surface area contributed by atoms with Crippen LogP contribution >= 0.6 is 11.3 Å². The molecule has 2 amide bonds. The molecule has 1 aliphatic rings. The topological polar surface area (TPSA) is 71.1 Å². The molecule has 2 aromatic rings. The maximum atomic E-state index is 13.0. The van der Waals surface area contributed by atoms with Crippen molar-refractivity contribution in [2.24, 2.45) is 0 Å². The van der Waals surface area contributed by atoms with Crippen LogP contribution in [0.5, 0.6) is 0 Å². The smallest absolute Gasteiger partial charge is 0.263 e. The molecule has 1 saturated carbocycles. The maximum absolute atomic E-state index is 13.0. The summed E-state index contributed by atoms with van der Waals surface area (Å²) in [4.78, 5) is 29.3. The Kier molecular flexibility index (Phi) is 5.13. The molecule has 0 saturated heterocycles. The van der Waals surface area contributed by atoms with E-state index in [4.69, 9.17) is 0 Å². The summed E-state index contributed by atoms with van der Waals surface area (Å²) in [5.41, 5.74) is 1.48. The van der Waals surface area contributed by atoms with Crippen LogP contribution < -0.4 is 10.6 Å². The van der Waals surface area contributed by atoms with Gasteiger partial charge in [-0.3, -0.25) is 9.59 Å². The Morgan fingerprint density at radius 2 is 2.00 bits per heavy atom. The maximum Gasteiger partial charge on any atom is 0.263 e. The van der Waals surface area contributed by atoms with Crippen LogP contribution in [0, 0.1) is 12.7 Å². The third kappa shape index (κ3) is 4.63. The predicted octanol–water partition coefficient (Wildman–Crippen LogP) is 2.90. The quantitative estimate of drug-likeness (QED) is 0.831. The van der Waals surface area contributed by atoms with E-state index in [9.17, 15) is 14.0 Å². The van der Waals surface area contributed by atoms with E-state index >= 15 is 0 Å². The van der Waals surface area contributed by atoms with E-state index in [1.807, 2.05) is 6.92 Å². The normalized spacial score (nSPS) is 14.8. The molecule has 132 valence electrons. The van der Waals surface area contributed by atoms with Crippen molar-refractivity contribution in [1.82, 2.24) is 15.6 Å². The lowest BCUT2D eigenvalue weighted by Crippen LogP contribution is -2.28. The molecule has 1 heterocycles. The van der Waals surface area contributed by atoms with E-state index in [2.05, 4.69) is 15.6 Å². The van der Waals surface area contributed by atoms with Crippen molar-refractivity contribution in [2.75, 3.05) is 0 Å². The highest BCUT2D eigenvalue weighted by Crippen LogP contribution is 2.23. The van der Waals surface area contributed by atoms with Crippen molar-refractivity contribution in [3.8, 4) is 0 Å². The first-order valence-electron chi connectivity index (χ1n) is 8.24. The van der Waals surface area contributed by atoms with Gasteiger partial charge in [0.25, 0.3) is 5.91 Å². The fraction of sp³-hybridized carbons (Fsp3) is 0.389. The van der Waals surface area contributed by atoms with Gasteiger partial charge in [-0.05, 0) is 44.4 Å². The molecule has 25 heavy (non-hydrogen) atoms. The van der Waals surface area contributed by atoms with Gasteiger partial charge in [-0.15, -0.1) is 11.3 Å². The minimum absolute atomic E-state index is 0.108. The Hall–Kier alpha value is -2.28. The van der Waals surface area contributed by atoms with Crippen LogP contribution in [0.2, 0.25) is 0 Å². The molecular formula is C18H20FN3O2S. The number of hydrogen-bond donors (Lipinski definition) is 2. The van der Waals surface area contributed by atoms with Gasteiger partial charge in [-0.1, -0.05) is 12.1 Å². The second-order valence-electron chi connectivity index (χ2n) is 6.29. The number of hydrogen-bond acceptors (Lipinski definition) is 4. The van der Waals surface area contributed by atoms with Gasteiger partial charge < -0.3 is 10.6 Å². The summed E-state index contributed by atoms with van der Waals surface area (Å²) in [6.07, 6.45) is 2.17. The van der Waals surface area contributed by atoms with Crippen LogP contribution in [0.15, 0.2) is 24.3 Å². The number of aryl methyl sites for hydroxylation is 1. The van der Waals surface area contributed by atoms with Crippen LogP contribution in [0.25, 0.3) is 0 Å². The number of thiazole rings is 1. The lowest BCUT2D eigenvalue weighted by molar-refractivity contribution is -0.121. The van der Waals surface area contributed by atoms with Crippen molar-refractivity contribution >= 4 is 23.2 Å². The average Bonchev–Trinajstić information content (AvgIpc) is 3.29. The second kappa shape index (κ2) is 7.31. The summed E-state index contributed by atoms with van der Waals surface area (Å²) in [5, 5.41) is 6.42. The molecule has 0 spiro atoms. The van der Waals surface area contributed by atoms with Gasteiger partial charge in [0.1, 0.15) is 15.7 Å². The number of aromatic nitrogens is 1. The zero-order chi connectivity index (χ0) is 18.0. The minimum Gasteiger partial charge on any atom is -0.349 e. The van der Waals surface area contributed by atoms with Gasteiger partial charge in [-0.2, -0.15) is 0 Å². The van der Waals surface area contributed by atoms with Gasteiger partial charge in [0.05, 0.1) is 18.2 Å². The molecule has 0 bridgehead atoms. The zero-order valence-corrected chi connectivity index (χ0v) is 15.0. The van der Waals surface area contributed by atoms with Gasteiger partial charge in [-0.25, -0.2) is 9.37 Å². The SMILES string of the molecule is Cc1nc(CC(=O)NC(C)c2ccc(F)cc2)sc1C(=O)NC1CC1. The Balaban J connectivity index is 1.58. The molecule has 2 N–H and O–H groups in total. The summed E-state index contributed by atoms with van der Waals surface area (Å²) in [7, 11) is 0. The zero-order valence-electron chi connectivity index (χ0n) is 14.1. The minimum atomic E-state index is -0.308. The number of carbonyl (C=O) groups is 2. The molecule has 1 unspecified atom stereocenters. The van der Waals surface area contributed by atoms with Crippen LogP contribution in [-0.4, -0.2) is 22.8 Å². The summed E-state index contributed by atoms with van der Waals surface area (Å²) < 4.78 is 13.0. The lowest BCUT2D eigenvalue weighted by Gasteiger charge is -2.13. The van der Waals surface area contributed by atoms with Gasteiger partial charge in [0.2, 0.25) is 5.91 Å². The molecule has 5 nitrogen and oxygen atoms in total. The van der Waals surface area contributed by atoms with E-state index < -0.39 is 0 Å². The first-order chi connectivity index (χ1) is 11.9. The highest BCUT2D eigenvalue weighted by atomic mass is 32.1. The number of carbonyl (C=O) groups excluding carboxylic acids is 2. The highest BCUT2D eigenvalue weighted by molar-refractivity contribution is 7.13. The lowest BCUT2D eigenvalue weighted by atomic mass is 10.1. The second-order valence-corrected chi connectivity index (χ2v) is 7.37. The molecule has 3 rings (SSSR count). The number of benzene rings is 1. The van der Waals surface area contributed by atoms with E-state index in [0.29, 0.717) is 15.6 Å². The van der Waals surface area contributed by atoms with Crippen LogP contribution in [0.1, 0.15) is 51.7 Å². The van der Waals surface area contributed by atoms with Crippen LogP contribution in [-0.2, 0) is 11.2 Å². The molecule has 1 aromatic heterocycles. The monoisotopic (exact) mass is 361 g/mol. The number of rotatable bonds is 6. The van der Waals surface area contributed by atoms with Crippen molar-refractivity contribution in [2.45, 2.75) is 45.2 Å². The van der Waals surface area contributed by atoms with Gasteiger partial charge >= 0.3 is 0 Å². The molecular weight excluding hydrogens is 341 g/mol. The van der Waals surface area contributed by atoms with E-state index in [-0.39, 0.29) is 36.1 Å². The van der Waals surface area contributed by atoms with E-state index in [0.717, 1.165) is 18.4 Å². The van der Waals surface area contributed by atoms with Crippen molar-refractivity contribution in [3.63, 3.8) is 0 Å².